The van der Waals surface area contributed by atoms with Gasteiger partial charge in [0.05, 0.1) is 13.2 Å². The van der Waals surface area contributed by atoms with Crippen LogP contribution < -0.4 is 15.4 Å². The first-order chi connectivity index (χ1) is 9.31. The van der Waals surface area contributed by atoms with Crippen molar-refractivity contribution in [1.29, 1.82) is 0 Å². The zero-order valence-corrected chi connectivity index (χ0v) is 10.9. The highest BCUT2D eigenvalue weighted by Gasteiger charge is 2.07. The number of rotatable bonds is 7. The fourth-order valence-corrected chi connectivity index (χ4v) is 1.36. The first kappa shape index (κ1) is 13.1. The topological polar surface area (TPSA) is 98.0 Å². The standard InChI is InChI=1S/C11H16N6O2/c1-3-12-9-14-10(16-11(15-9)18-4-2)13-7-8-5-6-19-17-8/h5-6H,3-4,7H2,1-2H3,(H2,12,13,14,15,16). The van der Waals surface area contributed by atoms with Crippen molar-refractivity contribution in [2.75, 3.05) is 23.8 Å². The highest BCUT2D eigenvalue weighted by molar-refractivity contribution is 5.36. The molecule has 2 aromatic heterocycles. The lowest BCUT2D eigenvalue weighted by Gasteiger charge is -2.08. The van der Waals surface area contributed by atoms with Gasteiger partial charge in [0.25, 0.3) is 0 Å². The van der Waals surface area contributed by atoms with Crippen LogP contribution in [-0.2, 0) is 6.54 Å². The fraction of sp³-hybridized carbons (Fsp3) is 0.455. The molecule has 0 fully saturated rings. The van der Waals surface area contributed by atoms with Crippen molar-refractivity contribution >= 4 is 11.9 Å². The molecule has 2 aromatic rings. The Morgan fingerprint density at radius 1 is 1.16 bits per heavy atom. The molecule has 0 amide bonds. The van der Waals surface area contributed by atoms with Crippen molar-refractivity contribution in [3.05, 3.63) is 18.0 Å². The predicted molar refractivity (Wildman–Crippen MR) is 69.0 cm³/mol. The maximum absolute atomic E-state index is 5.29. The van der Waals surface area contributed by atoms with Gasteiger partial charge >= 0.3 is 6.01 Å². The zero-order chi connectivity index (χ0) is 13.5. The fourth-order valence-electron chi connectivity index (χ4n) is 1.36. The molecule has 2 N–H and O–H groups in total. The number of anilines is 2. The van der Waals surface area contributed by atoms with E-state index in [0.717, 1.165) is 12.2 Å². The van der Waals surface area contributed by atoms with Gasteiger partial charge in [0.15, 0.2) is 0 Å². The Morgan fingerprint density at radius 3 is 2.58 bits per heavy atom. The molecule has 19 heavy (non-hydrogen) atoms. The summed E-state index contributed by atoms with van der Waals surface area (Å²) in [6.07, 6.45) is 1.51. The van der Waals surface area contributed by atoms with E-state index in [1.165, 1.54) is 6.26 Å². The van der Waals surface area contributed by atoms with Gasteiger partial charge in [-0.1, -0.05) is 5.16 Å². The third-order valence-corrected chi connectivity index (χ3v) is 2.14. The van der Waals surface area contributed by atoms with Gasteiger partial charge in [-0.25, -0.2) is 0 Å². The second kappa shape index (κ2) is 6.53. The molecule has 0 aliphatic heterocycles. The van der Waals surface area contributed by atoms with Crippen LogP contribution in [0.3, 0.4) is 0 Å². The van der Waals surface area contributed by atoms with E-state index >= 15 is 0 Å². The van der Waals surface area contributed by atoms with Crippen LogP contribution in [0.5, 0.6) is 6.01 Å². The summed E-state index contributed by atoms with van der Waals surface area (Å²) in [7, 11) is 0. The number of aromatic nitrogens is 4. The summed E-state index contributed by atoms with van der Waals surface area (Å²) in [6, 6.07) is 2.05. The summed E-state index contributed by atoms with van der Waals surface area (Å²) in [5.41, 5.74) is 0.767. The lowest BCUT2D eigenvalue weighted by Crippen LogP contribution is -2.10. The average molecular weight is 264 g/mol. The van der Waals surface area contributed by atoms with E-state index < -0.39 is 0 Å². The maximum atomic E-state index is 5.29. The SMILES string of the molecule is CCNc1nc(NCc2ccon2)nc(OCC)n1. The van der Waals surface area contributed by atoms with Gasteiger partial charge in [0, 0.05) is 12.6 Å². The molecule has 0 aromatic carbocycles. The Balaban J connectivity index is 2.08. The van der Waals surface area contributed by atoms with Crippen molar-refractivity contribution < 1.29 is 9.26 Å². The Hall–Kier alpha value is -2.38. The molecule has 102 valence electrons. The second-order valence-electron chi connectivity index (χ2n) is 3.57. The lowest BCUT2D eigenvalue weighted by atomic mass is 10.4. The van der Waals surface area contributed by atoms with Crippen molar-refractivity contribution in [2.45, 2.75) is 20.4 Å². The number of ether oxygens (including phenoxy) is 1. The van der Waals surface area contributed by atoms with Gasteiger partial charge in [0.1, 0.15) is 12.0 Å². The summed E-state index contributed by atoms with van der Waals surface area (Å²) in [5, 5.41) is 9.86. The molecule has 0 saturated carbocycles. The van der Waals surface area contributed by atoms with Crippen LogP contribution in [0, 0.1) is 0 Å². The summed E-state index contributed by atoms with van der Waals surface area (Å²) < 4.78 is 10.0. The number of hydrogen-bond acceptors (Lipinski definition) is 8. The van der Waals surface area contributed by atoms with Gasteiger partial charge < -0.3 is 19.9 Å². The van der Waals surface area contributed by atoms with Crippen molar-refractivity contribution in [3.63, 3.8) is 0 Å². The minimum atomic E-state index is 0.288. The minimum Gasteiger partial charge on any atom is -0.464 e. The first-order valence-electron chi connectivity index (χ1n) is 6.07. The molecule has 8 heteroatoms. The molecular formula is C11H16N6O2. The van der Waals surface area contributed by atoms with Gasteiger partial charge in [-0.05, 0) is 13.8 Å². The van der Waals surface area contributed by atoms with E-state index in [1.54, 1.807) is 6.07 Å². The van der Waals surface area contributed by atoms with E-state index in [4.69, 9.17) is 9.26 Å². The van der Waals surface area contributed by atoms with E-state index in [9.17, 15) is 0 Å². The molecule has 0 aliphatic rings. The van der Waals surface area contributed by atoms with Gasteiger partial charge in [0.2, 0.25) is 11.9 Å². The Labute approximate surface area is 110 Å². The highest BCUT2D eigenvalue weighted by Crippen LogP contribution is 2.11. The Kier molecular flexibility index (Phi) is 4.49. The van der Waals surface area contributed by atoms with Crippen LogP contribution in [0.15, 0.2) is 16.9 Å². The molecule has 0 bridgehead atoms. The van der Waals surface area contributed by atoms with Crippen LogP contribution in [0.4, 0.5) is 11.9 Å². The molecule has 0 aliphatic carbocycles. The molecule has 0 spiro atoms. The summed E-state index contributed by atoms with van der Waals surface area (Å²) in [5.74, 6) is 0.904. The van der Waals surface area contributed by atoms with Crippen molar-refractivity contribution in [2.24, 2.45) is 0 Å². The summed E-state index contributed by atoms with van der Waals surface area (Å²) >= 11 is 0. The van der Waals surface area contributed by atoms with Gasteiger partial charge in [-0.3, -0.25) is 0 Å². The second-order valence-corrected chi connectivity index (χ2v) is 3.57. The molecule has 2 rings (SSSR count). The third-order valence-electron chi connectivity index (χ3n) is 2.14. The van der Waals surface area contributed by atoms with Crippen LogP contribution in [0.2, 0.25) is 0 Å². The lowest BCUT2D eigenvalue weighted by molar-refractivity contribution is 0.312. The van der Waals surface area contributed by atoms with E-state index in [2.05, 4.69) is 30.7 Å². The van der Waals surface area contributed by atoms with Crippen molar-refractivity contribution in [3.8, 4) is 6.01 Å². The number of nitrogens with zero attached hydrogens (tertiary/aromatic N) is 4. The Morgan fingerprint density at radius 2 is 1.95 bits per heavy atom. The van der Waals surface area contributed by atoms with Gasteiger partial charge in [-0.15, -0.1) is 0 Å². The van der Waals surface area contributed by atoms with Crippen LogP contribution in [0.25, 0.3) is 0 Å². The van der Waals surface area contributed by atoms with Crippen molar-refractivity contribution in [1.82, 2.24) is 20.1 Å². The quantitative estimate of drug-likeness (QED) is 0.772. The average Bonchev–Trinajstić information content (AvgIpc) is 2.90. The summed E-state index contributed by atoms with van der Waals surface area (Å²) in [4.78, 5) is 12.5. The molecule has 0 unspecified atom stereocenters. The van der Waals surface area contributed by atoms with E-state index in [1.807, 2.05) is 13.8 Å². The normalized spacial score (nSPS) is 10.2. The molecule has 0 saturated heterocycles. The predicted octanol–water partition coefficient (Wildman–Crippen LogP) is 1.30. The maximum Gasteiger partial charge on any atom is 0.323 e. The van der Waals surface area contributed by atoms with Gasteiger partial charge in [-0.2, -0.15) is 15.0 Å². The monoisotopic (exact) mass is 264 g/mol. The molecule has 0 atom stereocenters. The van der Waals surface area contributed by atoms with E-state index in [0.29, 0.717) is 25.0 Å². The third kappa shape index (κ3) is 3.80. The highest BCUT2D eigenvalue weighted by atomic mass is 16.5. The zero-order valence-electron chi connectivity index (χ0n) is 10.9. The van der Waals surface area contributed by atoms with Crippen LogP contribution in [-0.4, -0.2) is 33.3 Å². The Bertz CT molecular complexity index is 478. The van der Waals surface area contributed by atoms with Crippen LogP contribution in [0.1, 0.15) is 19.5 Å². The minimum absolute atomic E-state index is 0.288. The summed E-state index contributed by atoms with van der Waals surface area (Å²) in [6.45, 7) is 5.53. The largest absolute Gasteiger partial charge is 0.464 e. The molecule has 0 radical (unpaired) electrons. The number of hydrogen-bond donors (Lipinski definition) is 2. The molecule has 2 heterocycles. The van der Waals surface area contributed by atoms with Crippen LogP contribution >= 0.6 is 0 Å². The first-order valence-corrected chi connectivity index (χ1v) is 6.07. The molecular weight excluding hydrogens is 248 g/mol. The number of nitrogens with one attached hydrogen (secondary N) is 2. The molecule has 8 nitrogen and oxygen atoms in total. The smallest absolute Gasteiger partial charge is 0.323 e. The van der Waals surface area contributed by atoms with E-state index in [-0.39, 0.29) is 6.01 Å².